The van der Waals surface area contributed by atoms with E-state index in [2.05, 4.69) is 28.8 Å². The molecule has 0 aliphatic carbocycles. The van der Waals surface area contributed by atoms with Crippen LogP contribution < -0.4 is 10.6 Å². The molecule has 1 amide bonds. The zero-order valence-electron chi connectivity index (χ0n) is 11.9. The standard InChI is InChI=1S/C15H22N2O2.ClH/c1-2-19-7-3-4-15(18)17-9-12-5-6-13-10-16-11-14(13)8-12;/h5-6,8,16H,2-4,7,9-11H2,1H3,(H,17,18);1H. The Bertz CT molecular complexity index is 438. The third-order valence-electron chi connectivity index (χ3n) is 3.29. The van der Waals surface area contributed by atoms with Crippen LogP contribution in [0.5, 0.6) is 0 Å². The maximum atomic E-state index is 11.6. The first-order valence-electron chi connectivity index (χ1n) is 6.95. The molecule has 0 fully saturated rings. The van der Waals surface area contributed by atoms with Gasteiger partial charge in [0.25, 0.3) is 0 Å². The minimum absolute atomic E-state index is 0. The Kier molecular flexibility index (Phi) is 7.59. The number of rotatable bonds is 7. The lowest BCUT2D eigenvalue weighted by Gasteiger charge is -2.07. The molecule has 2 N–H and O–H groups in total. The number of ether oxygens (including phenoxy) is 1. The van der Waals surface area contributed by atoms with Gasteiger partial charge in [0.2, 0.25) is 5.91 Å². The normalized spacial score (nSPS) is 12.7. The second-order valence-electron chi connectivity index (χ2n) is 4.78. The Labute approximate surface area is 126 Å². The van der Waals surface area contributed by atoms with Gasteiger partial charge in [-0.25, -0.2) is 0 Å². The Balaban J connectivity index is 0.00000200. The number of carbonyl (C=O) groups excluding carboxylic acids is 1. The molecule has 1 aliphatic rings. The summed E-state index contributed by atoms with van der Waals surface area (Å²) in [6.07, 6.45) is 1.32. The number of nitrogens with one attached hydrogen (secondary N) is 2. The molecule has 0 aromatic heterocycles. The lowest BCUT2D eigenvalue weighted by molar-refractivity contribution is -0.121. The Hall–Kier alpha value is -1.10. The van der Waals surface area contributed by atoms with Crippen LogP contribution in [0.1, 0.15) is 36.5 Å². The van der Waals surface area contributed by atoms with Crippen LogP contribution in [0.3, 0.4) is 0 Å². The lowest BCUT2D eigenvalue weighted by Crippen LogP contribution is -2.22. The van der Waals surface area contributed by atoms with Crippen LogP contribution in [0.2, 0.25) is 0 Å². The van der Waals surface area contributed by atoms with E-state index in [9.17, 15) is 4.79 Å². The molecule has 20 heavy (non-hydrogen) atoms. The van der Waals surface area contributed by atoms with E-state index in [4.69, 9.17) is 4.74 Å². The summed E-state index contributed by atoms with van der Waals surface area (Å²) in [4.78, 5) is 11.6. The van der Waals surface area contributed by atoms with Crippen molar-refractivity contribution >= 4 is 18.3 Å². The molecule has 0 bridgehead atoms. The molecule has 0 unspecified atom stereocenters. The first-order chi connectivity index (χ1) is 9.29. The van der Waals surface area contributed by atoms with Gasteiger partial charge in [-0.2, -0.15) is 0 Å². The SMILES string of the molecule is CCOCCCC(=O)NCc1ccc2c(c1)CNC2.Cl. The molecule has 2 rings (SSSR count). The van der Waals surface area contributed by atoms with Crippen LogP contribution in [0.25, 0.3) is 0 Å². The quantitative estimate of drug-likeness (QED) is 0.758. The molecular formula is C15H23ClN2O2. The van der Waals surface area contributed by atoms with E-state index in [1.165, 1.54) is 16.7 Å². The van der Waals surface area contributed by atoms with Gasteiger partial charge in [-0.15, -0.1) is 12.4 Å². The van der Waals surface area contributed by atoms with Crippen molar-refractivity contribution in [3.05, 3.63) is 34.9 Å². The molecule has 1 aromatic carbocycles. The van der Waals surface area contributed by atoms with Crippen molar-refractivity contribution in [3.8, 4) is 0 Å². The van der Waals surface area contributed by atoms with Crippen LogP contribution in [0, 0.1) is 0 Å². The number of hydrogen-bond acceptors (Lipinski definition) is 3. The van der Waals surface area contributed by atoms with Crippen molar-refractivity contribution in [1.29, 1.82) is 0 Å². The number of carbonyl (C=O) groups is 1. The smallest absolute Gasteiger partial charge is 0.220 e. The molecule has 112 valence electrons. The molecule has 0 atom stereocenters. The number of amides is 1. The first-order valence-corrected chi connectivity index (χ1v) is 6.95. The molecule has 5 heteroatoms. The molecule has 4 nitrogen and oxygen atoms in total. The van der Waals surface area contributed by atoms with Crippen LogP contribution in [-0.2, 0) is 29.2 Å². The zero-order chi connectivity index (χ0) is 13.5. The van der Waals surface area contributed by atoms with E-state index < -0.39 is 0 Å². The highest BCUT2D eigenvalue weighted by Crippen LogP contribution is 2.16. The summed E-state index contributed by atoms with van der Waals surface area (Å²) in [6.45, 7) is 5.84. The zero-order valence-corrected chi connectivity index (χ0v) is 12.7. The highest BCUT2D eigenvalue weighted by molar-refractivity contribution is 5.85. The van der Waals surface area contributed by atoms with Crippen LogP contribution in [0.4, 0.5) is 0 Å². The van der Waals surface area contributed by atoms with E-state index in [0.717, 1.165) is 19.5 Å². The lowest BCUT2D eigenvalue weighted by atomic mass is 10.1. The summed E-state index contributed by atoms with van der Waals surface area (Å²) in [5.41, 5.74) is 3.88. The third kappa shape index (κ3) is 5.12. The summed E-state index contributed by atoms with van der Waals surface area (Å²) < 4.78 is 5.21. The highest BCUT2D eigenvalue weighted by Gasteiger charge is 2.10. The second kappa shape index (κ2) is 8.95. The molecule has 1 aromatic rings. The van der Waals surface area contributed by atoms with Crippen LogP contribution in [-0.4, -0.2) is 19.1 Å². The fourth-order valence-corrected chi connectivity index (χ4v) is 2.23. The number of halogens is 1. The van der Waals surface area contributed by atoms with Crippen molar-refractivity contribution < 1.29 is 9.53 Å². The molecule has 0 saturated heterocycles. The van der Waals surface area contributed by atoms with Crippen molar-refractivity contribution in [1.82, 2.24) is 10.6 Å². The summed E-state index contributed by atoms with van der Waals surface area (Å²) in [5.74, 6) is 0.0957. The summed E-state index contributed by atoms with van der Waals surface area (Å²) >= 11 is 0. The van der Waals surface area contributed by atoms with Crippen molar-refractivity contribution in [3.63, 3.8) is 0 Å². The summed E-state index contributed by atoms with van der Waals surface area (Å²) in [5, 5.41) is 6.27. The Morgan fingerprint density at radius 2 is 2.15 bits per heavy atom. The molecule has 0 spiro atoms. The molecule has 1 heterocycles. The minimum Gasteiger partial charge on any atom is -0.382 e. The Morgan fingerprint density at radius 3 is 2.95 bits per heavy atom. The number of hydrogen-bond donors (Lipinski definition) is 2. The van der Waals surface area contributed by atoms with Crippen molar-refractivity contribution in [2.75, 3.05) is 13.2 Å². The van der Waals surface area contributed by atoms with E-state index >= 15 is 0 Å². The van der Waals surface area contributed by atoms with Crippen molar-refractivity contribution in [2.24, 2.45) is 0 Å². The molecule has 0 saturated carbocycles. The largest absolute Gasteiger partial charge is 0.382 e. The van der Waals surface area contributed by atoms with Gasteiger partial charge in [0.15, 0.2) is 0 Å². The van der Waals surface area contributed by atoms with Crippen molar-refractivity contribution in [2.45, 2.75) is 39.4 Å². The number of fused-ring (bicyclic) bond motifs is 1. The molecule has 0 radical (unpaired) electrons. The molecule has 1 aliphatic heterocycles. The van der Waals surface area contributed by atoms with Crippen LogP contribution in [0.15, 0.2) is 18.2 Å². The van der Waals surface area contributed by atoms with E-state index in [1.807, 2.05) is 6.92 Å². The van der Waals surface area contributed by atoms with Gasteiger partial charge in [0.1, 0.15) is 0 Å². The average Bonchev–Trinajstić information content (AvgIpc) is 2.89. The fourth-order valence-electron chi connectivity index (χ4n) is 2.23. The van der Waals surface area contributed by atoms with E-state index in [0.29, 0.717) is 26.2 Å². The van der Waals surface area contributed by atoms with Crippen LogP contribution >= 0.6 is 12.4 Å². The Morgan fingerprint density at radius 1 is 1.35 bits per heavy atom. The second-order valence-corrected chi connectivity index (χ2v) is 4.78. The maximum absolute atomic E-state index is 11.6. The number of benzene rings is 1. The third-order valence-corrected chi connectivity index (χ3v) is 3.29. The van der Waals surface area contributed by atoms with Gasteiger partial charge < -0.3 is 15.4 Å². The van der Waals surface area contributed by atoms with Gasteiger partial charge in [0.05, 0.1) is 0 Å². The van der Waals surface area contributed by atoms with E-state index in [1.54, 1.807) is 0 Å². The van der Waals surface area contributed by atoms with Gasteiger partial charge in [0, 0.05) is 39.3 Å². The van der Waals surface area contributed by atoms with Gasteiger partial charge >= 0.3 is 0 Å². The predicted octanol–water partition coefficient (Wildman–Crippen LogP) is 2.14. The maximum Gasteiger partial charge on any atom is 0.220 e. The topological polar surface area (TPSA) is 50.4 Å². The predicted molar refractivity (Wildman–Crippen MR) is 81.8 cm³/mol. The monoisotopic (exact) mass is 298 g/mol. The summed E-state index contributed by atoms with van der Waals surface area (Å²) in [6, 6.07) is 6.41. The summed E-state index contributed by atoms with van der Waals surface area (Å²) in [7, 11) is 0. The molecular weight excluding hydrogens is 276 g/mol. The van der Waals surface area contributed by atoms with E-state index in [-0.39, 0.29) is 18.3 Å². The highest BCUT2D eigenvalue weighted by atomic mass is 35.5. The fraction of sp³-hybridized carbons (Fsp3) is 0.533. The van der Waals surface area contributed by atoms with Gasteiger partial charge in [-0.05, 0) is 30.0 Å². The minimum atomic E-state index is 0. The average molecular weight is 299 g/mol. The van der Waals surface area contributed by atoms with Gasteiger partial charge in [-0.1, -0.05) is 18.2 Å². The first kappa shape index (κ1) is 17.0. The van der Waals surface area contributed by atoms with Gasteiger partial charge in [-0.3, -0.25) is 4.79 Å².